The Morgan fingerprint density at radius 3 is 1.24 bits per heavy atom. The summed E-state index contributed by atoms with van der Waals surface area (Å²) in [6.07, 6.45) is -32.8. The molecule has 5 aromatic carbocycles. The minimum Gasteiger partial charge on any atom is -0.467 e. The maximum Gasteiger partial charge on any atom is 0.407 e. The molecule has 32 nitrogen and oxygen atoms in total. The van der Waals surface area contributed by atoms with Crippen LogP contribution in [-0.2, 0) is 161 Å². The molecule has 20 atom stereocenters. The van der Waals surface area contributed by atoms with Crippen molar-refractivity contribution in [1.29, 1.82) is 0 Å². The highest BCUT2D eigenvalue weighted by molar-refractivity contribution is 6.26. The summed E-state index contributed by atoms with van der Waals surface area (Å²) >= 11 is 6.01. The van der Waals surface area contributed by atoms with Crippen LogP contribution in [-0.4, -0.2) is 211 Å². The molecule has 0 radical (unpaired) electrons. The third-order valence-electron chi connectivity index (χ3n) is 16.9. The van der Waals surface area contributed by atoms with Gasteiger partial charge >= 0.3 is 47.9 Å². The summed E-state index contributed by atoms with van der Waals surface area (Å²) in [5.41, 5.74) is 13.6. The van der Waals surface area contributed by atoms with Gasteiger partial charge in [0.05, 0.1) is 40.6 Å². The quantitative estimate of drug-likeness (QED) is 0.0117. The van der Waals surface area contributed by atoms with Crippen molar-refractivity contribution in [3.05, 3.63) is 190 Å². The number of hydrogen-bond donors (Lipinski definition) is 1. The topological polar surface area (TPSA) is 382 Å². The van der Waals surface area contributed by atoms with E-state index in [0.29, 0.717) is 27.8 Å². The first kappa shape index (κ1) is 80.9. The highest BCUT2D eigenvalue weighted by Crippen LogP contribution is 2.41. The number of amides is 1. The first-order chi connectivity index (χ1) is 51.3. The van der Waals surface area contributed by atoms with Crippen LogP contribution >= 0.6 is 11.6 Å². The molecule has 4 saturated heterocycles. The number of azide groups is 1. The predicted molar refractivity (Wildman–Crippen MR) is 362 cm³/mol. The molecule has 4 heterocycles. The van der Waals surface area contributed by atoms with Gasteiger partial charge in [-0.3, -0.25) is 24.0 Å². The van der Waals surface area contributed by atoms with Gasteiger partial charge in [-0.2, -0.15) is 0 Å². The average Bonchev–Trinajstić information content (AvgIpc) is 0.760. The predicted octanol–water partition coefficient (Wildman–Crippen LogP) is 6.49. The number of benzene rings is 5. The van der Waals surface area contributed by atoms with Gasteiger partial charge in [-0.25, -0.2) is 14.4 Å². The van der Waals surface area contributed by atoms with E-state index in [1.54, 1.807) is 152 Å². The van der Waals surface area contributed by atoms with Crippen molar-refractivity contribution in [3.8, 4) is 0 Å². The lowest BCUT2D eigenvalue weighted by Gasteiger charge is -2.51. The third-order valence-corrected chi connectivity index (χ3v) is 17.1. The first-order valence-electron chi connectivity index (χ1n) is 33.6. The second kappa shape index (κ2) is 40.5. The third kappa shape index (κ3) is 22.4. The molecule has 0 saturated carbocycles. The summed E-state index contributed by atoms with van der Waals surface area (Å²) in [5.74, 6) is -7.67. The van der Waals surface area contributed by atoms with Crippen LogP contribution in [0.2, 0.25) is 0 Å². The zero-order valence-electron chi connectivity index (χ0n) is 58.8. The molecule has 106 heavy (non-hydrogen) atoms. The van der Waals surface area contributed by atoms with Crippen LogP contribution in [0.15, 0.2) is 157 Å². The summed E-state index contributed by atoms with van der Waals surface area (Å²) in [5, 5.41) is 6.83. The van der Waals surface area contributed by atoms with Gasteiger partial charge in [0.2, 0.25) is 0 Å². The normalized spacial score (nSPS) is 28.4. The van der Waals surface area contributed by atoms with Gasteiger partial charge in [0.1, 0.15) is 98.8 Å². The highest BCUT2D eigenvalue weighted by atomic mass is 35.5. The Kier molecular flexibility index (Phi) is 30.9. The second-order valence-electron chi connectivity index (χ2n) is 24.3. The van der Waals surface area contributed by atoms with Crippen molar-refractivity contribution < 1.29 is 133 Å². The molecule has 0 aromatic heterocycles. The number of carbonyl (C=O) groups excluding carboxylic acids is 8. The number of esters is 7. The molecule has 0 bridgehead atoms. The second-order valence-corrected chi connectivity index (χ2v) is 24.6. The van der Waals surface area contributed by atoms with E-state index in [4.69, 9.17) is 106 Å². The standard InChI is InChI=1S/C73H83ClN4O28/c1-41(79)90-39-50-55(57(92-34-45-23-13-8-14-24-45)53(69(89-7)99-50)76-73(86)96-38-49-31-21-12-22-32-49)102-72-66(98-44(4)82)60(94-36-47-27-17-10-18-28-47)62(64(106-72)68(85)88-6)104-70-54(77-78-75)58(97-43(3)81)56(51(100-70)40-91-42(2)80)103-71-65(95-37-48-29-19-11-20-30-48)59(93-35-46-25-15-9-16-26-46)61(101-52(83)33-74)63(105-71)67(84)87-5/h8-32,50-51,53-66,69-72H,33-40H2,1-7H3,(H,76,86). The lowest BCUT2D eigenvalue weighted by molar-refractivity contribution is -0.376. The van der Waals surface area contributed by atoms with E-state index in [-0.39, 0.29) is 33.0 Å². The first-order valence-corrected chi connectivity index (χ1v) is 34.1. The molecule has 0 aliphatic carbocycles. The van der Waals surface area contributed by atoms with Crippen molar-refractivity contribution in [2.24, 2.45) is 5.11 Å². The van der Waals surface area contributed by atoms with E-state index >= 15 is 0 Å². The van der Waals surface area contributed by atoms with Crippen molar-refractivity contribution in [2.45, 2.75) is 183 Å². The van der Waals surface area contributed by atoms with Crippen LogP contribution < -0.4 is 5.32 Å². The maximum atomic E-state index is 14.8. The molecule has 1 amide bonds. The Morgan fingerprint density at radius 1 is 0.425 bits per heavy atom. The summed E-state index contributed by atoms with van der Waals surface area (Å²) in [4.78, 5) is 113. The van der Waals surface area contributed by atoms with Crippen molar-refractivity contribution in [1.82, 2.24) is 5.32 Å². The van der Waals surface area contributed by atoms with E-state index in [0.717, 1.165) is 41.9 Å². The number of hydrogen-bond acceptors (Lipinski definition) is 29. The summed E-state index contributed by atoms with van der Waals surface area (Å²) in [6, 6.07) is 40.3. The molecular formula is C73H83ClN4O28. The van der Waals surface area contributed by atoms with E-state index in [1.807, 2.05) is 0 Å². The Labute approximate surface area is 614 Å². The number of rotatable bonds is 33. The molecule has 1 N–H and O–H groups in total. The molecule has 4 aliphatic rings. The van der Waals surface area contributed by atoms with Crippen LogP contribution in [0.3, 0.4) is 0 Å². The van der Waals surface area contributed by atoms with Gasteiger partial charge in [-0.1, -0.05) is 157 Å². The SMILES string of the molecule is COC(=O)C1OC(OC2C(COC(C)=O)OC(OC3C(C(=O)OC)OC(OC4C(COC(C)=O)OC(OC)C(NC(=O)OCc5ccccc5)C4OCc4ccccc4)C(OC(C)=O)C3OCc3ccccc3)C(N=[N+]=[N-])C2OC(C)=O)C(OCc2ccccc2)C(OCc2ccccc2)C1OC(=O)CCl. The summed E-state index contributed by atoms with van der Waals surface area (Å²) < 4.78 is 125. The number of alkyl halides is 1. The van der Waals surface area contributed by atoms with Gasteiger partial charge in [-0.05, 0) is 33.3 Å². The van der Waals surface area contributed by atoms with Gasteiger partial charge in [0.15, 0.2) is 49.6 Å². The van der Waals surface area contributed by atoms with E-state index in [1.165, 1.54) is 7.11 Å². The molecular weight excluding hydrogens is 1420 g/mol. The molecule has 5 aromatic rings. The number of halogens is 1. The van der Waals surface area contributed by atoms with Crippen LogP contribution in [0, 0.1) is 0 Å². The molecule has 9 rings (SSSR count). The van der Waals surface area contributed by atoms with Crippen molar-refractivity contribution in [2.75, 3.05) is 40.4 Å². The molecule has 4 aliphatic heterocycles. The number of nitrogens with one attached hydrogen (secondary N) is 1. The maximum absolute atomic E-state index is 14.8. The number of nitrogens with zero attached hydrogens (tertiary/aromatic N) is 3. The lowest BCUT2D eigenvalue weighted by atomic mass is 9.93. The van der Waals surface area contributed by atoms with Gasteiger partial charge < -0.3 is 100 Å². The van der Waals surface area contributed by atoms with Crippen molar-refractivity contribution in [3.63, 3.8) is 0 Å². The Balaban J connectivity index is 1.14. The molecule has 4 fully saturated rings. The van der Waals surface area contributed by atoms with E-state index in [2.05, 4.69) is 15.3 Å². The monoisotopic (exact) mass is 1500 g/mol. The molecule has 20 unspecified atom stereocenters. The molecule has 570 valence electrons. The number of methoxy groups -OCH3 is 3. The zero-order valence-corrected chi connectivity index (χ0v) is 59.5. The lowest BCUT2D eigenvalue weighted by Crippen LogP contribution is -2.70. The fraction of sp³-hybridized carbons (Fsp3) is 0.479. The largest absolute Gasteiger partial charge is 0.467 e. The van der Waals surface area contributed by atoms with Crippen molar-refractivity contribution >= 4 is 59.5 Å². The fourth-order valence-corrected chi connectivity index (χ4v) is 12.2. The minimum absolute atomic E-state index is 0.171. The average molecular weight is 1500 g/mol. The van der Waals surface area contributed by atoms with Crippen LogP contribution in [0.4, 0.5) is 4.79 Å². The van der Waals surface area contributed by atoms with Crippen LogP contribution in [0.5, 0.6) is 0 Å². The zero-order chi connectivity index (χ0) is 75.7. The number of ether oxygens (including phenoxy) is 20. The smallest absolute Gasteiger partial charge is 0.407 e. The summed E-state index contributed by atoms with van der Waals surface area (Å²) in [6.45, 7) is 1.79. The highest BCUT2D eigenvalue weighted by Gasteiger charge is 2.61. The summed E-state index contributed by atoms with van der Waals surface area (Å²) in [7, 11) is 3.34. The minimum atomic E-state index is -2.10. The number of carbonyl (C=O) groups is 8. The van der Waals surface area contributed by atoms with Gasteiger partial charge in [0, 0.05) is 39.7 Å². The van der Waals surface area contributed by atoms with Crippen LogP contribution in [0.1, 0.15) is 55.5 Å². The van der Waals surface area contributed by atoms with Gasteiger partial charge in [-0.15, -0.1) is 11.6 Å². The Bertz CT molecular complexity index is 3710. The number of alkyl carbamates (subject to hydrolysis) is 1. The molecule has 33 heteroatoms. The fourth-order valence-electron chi connectivity index (χ4n) is 12.2. The molecule has 0 spiro atoms. The van der Waals surface area contributed by atoms with E-state index < -0.39 is 190 Å². The van der Waals surface area contributed by atoms with Gasteiger partial charge in [0.25, 0.3) is 0 Å². The van der Waals surface area contributed by atoms with Crippen LogP contribution in [0.25, 0.3) is 10.4 Å². The Hall–Kier alpha value is -9.22. The van der Waals surface area contributed by atoms with E-state index in [9.17, 15) is 43.9 Å². The Morgan fingerprint density at radius 2 is 0.811 bits per heavy atom.